The second kappa shape index (κ2) is 11.1. The number of aliphatic hydroxyl groups excluding tert-OH is 1. The van der Waals surface area contributed by atoms with Gasteiger partial charge in [0, 0.05) is 12.3 Å². The predicted octanol–water partition coefficient (Wildman–Crippen LogP) is 0.679. The normalized spacial score (nSPS) is 26.4. The number of carbonyl (C=O) groups is 1. The Morgan fingerprint density at radius 1 is 1.25 bits per heavy atom. The number of benzene rings is 1. The zero-order valence-electron chi connectivity index (χ0n) is 20.2. The van der Waals surface area contributed by atoms with Gasteiger partial charge in [-0.25, -0.2) is 9.36 Å². The minimum atomic E-state index is -4.26. The summed E-state index contributed by atoms with van der Waals surface area (Å²) in [6.45, 7) is 5.42. The maximum absolute atomic E-state index is 13.6. The summed E-state index contributed by atoms with van der Waals surface area (Å²) in [5, 5.41) is 24.0. The van der Waals surface area contributed by atoms with Crippen molar-refractivity contribution in [3.63, 3.8) is 0 Å². The molecule has 0 spiro atoms. The molecule has 1 aliphatic rings. The lowest BCUT2D eigenvalue weighted by molar-refractivity contribution is -0.149. The van der Waals surface area contributed by atoms with Gasteiger partial charge in [-0.3, -0.25) is 23.7 Å². The monoisotopic (exact) mass is 527 g/mol. The van der Waals surface area contributed by atoms with Crippen LogP contribution < -0.4 is 20.9 Å². The Hall–Kier alpha value is -2.80. The molecule has 6 atom stereocenters. The fraction of sp³-hybridized carbons (Fsp3) is 0.500. The molecular weight excluding hydrogens is 497 g/mol. The molecule has 36 heavy (non-hydrogen) atoms. The second-order valence-electron chi connectivity index (χ2n) is 8.75. The SMILES string of the molecule is CC(C)OC(=O)[C@H](C)NP(=O)(OCC1OC(n2ccc(=O)[nH]c2=O)[C@](C)(O)[C@@H]1O)Oc1ccccc1. The van der Waals surface area contributed by atoms with E-state index in [1.54, 1.807) is 32.0 Å². The first-order chi connectivity index (χ1) is 16.8. The lowest BCUT2D eigenvalue weighted by Crippen LogP contribution is -2.47. The third kappa shape index (κ3) is 6.49. The molecule has 198 valence electrons. The maximum atomic E-state index is 13.6. The van der Waals surface area contributed by atoms with Crippen molar-refractivity contribution in [2.45, 2.75) is 63.9 Å². The number of nitrogens with one attached hydrogen (secondary N) is 2. The molecule has 1 fully saturated rings. The number of rotatable bonds is 10. The number of esters is 1. The van der Waals surface area contributed by atoms with Crippen molar-refractivity contribution in [1.82, 2.24) is 14.6 Å². The first kappa shape index (κ1) is 27.8. The first-order valence-corrected chi connectivity index (χ1v) is 12.7. The molecule has 2 heterocycles. The molecule has 0 bridgehead atoms. The van der Waals surface area contributed by atoms with Gasteiger partial charge < -0.3 is 24.2 Å². The number of hydrogen-bond acceptors (Lipinski definition) is 10. The van der Waals surface area contributed by atoms with Crippen molar-refractivity contribution >= 4 is 13.7 Å². The molecule has 1 aliphatic heterocycles. The van der Waals surface area contributed by atoms with Crippen LogP contribution in [0.15, 0.2) is 52.2 Å². The van der Waals surface area contributed by atoms with Gasteiger partial charge >= 0.3 is 19.4 Å². The van der Waals surface area contributed by atoms with Gasteiger partial charge in [0.05, 0.1) is 12.7 Å². The molecule has 3 rings (SSSR count). The van der Waals surface area contributed by atoms with Crippen molar-refractivity contribution in [3.05, 3.63) is 63.4 Å². The Labute approximate surface area is 206 Å². The molecule has 0 radical (unpaired) electrons. The molecule has 14 heteroatoms. The largest absolute Gasteiger partial charge is 0.462 e. The van der Waals surface area contributed by atoms with Crippen molar-refractivity contribution in [2.75, 3.05) is 6.61 Å². The summed E-state index contributed by atoms with van der Waals surface area (Å²) < 4.78 is 36.3. The number of ether oxygens (including phenoxy) is 2. The number of para-hydroxylation sites is 1. The third-order valence-electron chi connectivity index (χ3n) is 5.29. The molecule has 0 amide bonds. The van der Waals surface area contributed by atoms with Crippen LogP contribution in [-0.2, 0) is 23.4 Å². The molecule has 1 aromatic heterocycles. The van der Waals surface area contributed by atoms with Crippen molar-refractivity contribution in [3.8, 4) is 5.75 Å². The number of carbonyl (C=O) groups excluding carboxylic acids is 1. The summed E-state index contributed by atoms with van der Waals surface area (Å²) in [5.41, 5.74) is -3.49. The van der Waals surface area contributed by atoms with Gasteiger partial charge in [-0.2, -0.15) is 5.09 Å². The van der Waals surface area contributed by atoms with Crippen LogP contribution >= 0.6 is 7.75 Å². The van der Waals surface area contributed by atoms with E-state index in [0.29, 0.717) is 0 Å². The van der Waals surface area contributed by atoms with E-state index in [0.717, 1.165) is 16.8 Å². The van der Waals surface area contributed by atoms with Crippen molar-refractivity contribution in [1.29, 1.82) is 0 Å². The van der Waals surface area contributed by atoms with E-state index in [4.69, 9.17) is 18.5 Å². The van der Waals surface area contributed by atoms with Crippen LogP contribution in [0.25, 0.3) is 0 Å². The number of aliphatic hydroxyl groups is 2. The quantitative estimate of drug-likeness (QED) is 0.252. The highest BCUT2D eigenvalue weighted by molar-refractivity contribution is 7.52. The minimum absolute atomic E-state index is 0.176. The summed E-state index contributed by atoms with van der Waals surface area (Å²) >= 11 is 0. The first-order valence-electron chi connectivity index (χ1n) is 11.2. The third-order valence-corrected chi connectivity index (χ3v) is 6.94. The van der Waals surface area contributed by atoms with Crippen LogP contribution in [-0.4, -0.2) is 62.3 Å². The summed E-state index contributed by atoms with van der Waals surface area (Å²) in [6, 6.07) is 8.02. The lowest BCUT2D eigenvalue weighted by Gasteiger charge is -2.27. The standard InChI is InChI=1S/C22H30N3O10P/c1-13(2)33-19(28)14(3)24-36(31,35-15-8-6-5-7-9-15)32-12-16-18(27)22(4,30)20(34-16)25-11-10-17(26)23-21(25)29/h5-11,13-14,16,18,20,27,30H,12H2,1-4H3,(H,24,31)(H,23,26,29)/t14-,16?,18+,20?,22+,36?/m0/s1. The average molecular weight is 527 g/mol. The summed E-state index contributed by atoms with van der Waals surface area (Å²) in [4.78, 5) is 37.9. The van der Waals surface area contributed by atoms with Gasteiger partial charge in [0.15, 0.2) is 6.23 Å². The highest BCUT2D eigenvalue weighted by Gasteiger charge is 2.54. The molecule has 0 saturated carbocycles. The van der Waals surface area contributed by atoms with Crippen LogP contribution in [0.4, 0.5) is 0 Å². The molecule has 3 unspecified atom stereocenters. The molecule has 0 aliphatic carbocycles. The minimum Gasteiger partial charge on any atom is -0.462 e. The number of H-pyrrole nitrogens is 1. The summed E-state index contributed by atoms with van der Waals surface area (Å²) in [7, 11) is -4.26. The highest BCUT2D eigenvalue weighted by Crippen LogP contribution is 2.46. The van der Waals surface area contributed by atoms with Crippen LogP contribution in [0.5, 0.6) is 5.75 Å². The van der Waals surface area contributed by atoms with Gasteiger partial charge in [0.25, 0.3) is 5.56 Å². The molecule has 1 aromatic carbocycles. The number of hydrogen-bond donors (Lipinski definition) is 4. The van der Waals surface area contributed by atoms with Crippen LogP contribution in [0.1, 0.15) is 33.9 Å². The fourth-order valence-electron chi connectivity index (χ4n) is 3.50. The predicted molar refractivity (Wildman–Crippen MR) is 126 cm³/mol. The van der Waals surface area contributed by atoms with Crippen LogP contribution in [0, 0.1) is 0 Å². The fourth-order valence-corrected chi connectivity index (χ4v) is 5.00. The summed E-state index contributed by atoms with van der Waals surface area (Å²) in [5.74, 6) is -0.515. The lowest BCUT2D eigenvalue weighted by atomic mass is 9.96. The van der Waals surface area contributed by atoms with E-state index in [2.05, 4.69) is 5.09 Å². The molecular formula is C22H30N3O10P. The topological polar surface area (TPSA) is 178 Å². The zero-order chi connectivity index (χ0) is 26.7. The Balaban J connectivity index is 1.80. The number of aromatic amines is 1. The van der Waals surface area contributed by atoms with E-state index in [1.165, 1.54) is 26.0 Å². The second-order valence-corrected chi connectivity index (χ2v) is 10.4. The number of aromatic nitrogens is 2. The van der Waals surface area contributed by atoms with Crippen molar-refractivity contribution < 1.29 is 38.1 Å². The molecule has 1 saturated heterocycles. The molecule has 2 aromatic rings. The van der Waals surface area contributed by atoms with Crippen LogP contribution in [0.3, 0.4) is 0 Å². The molecule has 4 N–H and O–H groups in total. The Morgan fingerprint density at radius 3 is 2.53 bits per heavy atom. The van der Waals surface area contributed by atoms with Gasteiger partial charge in [-0.1, -0.05) is 18.2 Å². The van der Waals surface area contributed by atoms with Gasteiger partial charge in [0.1, 0.15) is 29.6 Å². The Morgan fingerprint density at radius 2 is 1.92 bits per heavy atom. The Bertz CT molecular complexity index is 1210. The summed E-state index contributed by atoms with van der Waals surface area (Å²) in [6.07, 6.45) is -3.54. The van der Waals surface area contributed by atoms with Gasteiger partial charge in [-0.15, -0.1) is 0 Å². The Kier molecular flexibility index (Phi) is 8.55. The maximum Gasteiger partial charge on any atom is 0.459 e. The van der Waals surface area contributed by atoms with E-state index in [9.17, 15) is 29.2 Å². The zero-order valence-corrected chi connectivity index (χ0v) is 21.1. The highest BCUT2D eigenvalue weighted by atomic mass is 31.2. The van der Waals surface area contributed by atoms with E-state index < -0.39 is 67.8 Å². The van der Waals surface area contributed by atoms with Gasteiger partial charge in [-0.05, 0) is 39.8 Å². The smallest absolute Gasteiger partial charge is 0.459 e. The average Bonchev–Trinajstić information content (AvgIpc) is 3.01. The molecule has 13 nitrogen and oxygen atoms in total. The van der Waals surface area contributed by atoms with Gasteiger partial charge in [0.2, 0.25) is 0 Å². The number of nitrogens with zero attached hydrogens (tertiary/aromatic N) is 1. The van der Waals surface area contributed by atoms with E-state index >= 15 is 0 Å². The van der Waals surface area contributed by atoms with Crippen LogP contribution in [0.2, 0.25) is 0 Å². The van der Waals surface area contributed by atoms with E-state index in [-0.39, 0.29) is 5.75 Å². The van der Waals surface area contributed by atoms with Crippen molar-refractivity contribution in [2.24, 2.45) is 0 Å². The van der Waals surface area contributed by atoms with E-state index in [1.807, 2.05) is 4.98 Å².